The number of anilines is 3. The van der Waals surface area contributed by atoms with E-state index in [-0.39, 0.29) is 35.4 Å². The Balaban J connectivity index is 1.07. The summed E-state index contributed by atoms with van der Waals surface area (Å²) in [7, 11) is 0. The molecule has 0 saturated carbocycles. The van der Waals surface area contributed by atoms with Crippen LogP contribution in [0.15, 0.2) is 249 Å². The van der Waals surface area contributed by atoms with Crippen molar-refractivity contribution >= 4 is 27.8 Å². The van der Waals surface area contributed by atoms with Crippen molar-refractivity contribution in [3.63, 3.8) is 0 Å². The molecule has 10 aromatic rings. The van der Waals surface area contributed by atoms with Gasteiger partial charge in [0.15, 0.2) is 0 Å². The van der Waals surface area contributed by atoms with Crippen LogP contribution in [-0.2, 0) is 0 Å². The van der Waals surface area contributed by atoms with Gasteiger partial charge in [0.2, 0.25) is 0 Å². The Bertz CT molecular complexity index is 3220. The molecule has 0 atom stereocenters. The normalized spacial score (nSPS) is 12.0. The molecule has 10 rings (SSSR count). The summed E-state index contributed by atoms with van der Waals surface area (Å²) in [5, 5.41) is 2.40. The van der Waals surface area contributed by atoms with Gasteiger partial charge in [0.05, 0.1) is 5.48 Å². The van der Waals surface area contributed by atoms with Crippen LogP contribution in [0, 0.1) is 0 Å². The van der Waals surface area contributed by atoms with Gasteiger partial charge in [-0.05, 0) is 132 Å². The molecule has 0 bridgehead atoms. The van der Waals surface area contributed by atoms with E-state index in [0.29, 0.717) is 16.9 Å². The maximum absolute atomic E-state index is 9.56. The van der Waals surface area contributed by atoms with E-state index >= 15 is 0 Å². The van der Waals surface area contributed by atoms with Crippen molar-refractivity contribution in [3.05, 3.63) is 249 Å². The first-order valence-electron chi connectivity index (χ1n) is 21.9. The fraction of sp³-hybridized carbons (Fsp3) is 0. The average molecular weight is 756 g/mol. The van der Waals surface area contributed by atoms with Gasteiger partial charge >= 0.3 is 0 Å². The van der Waals surface area contributed by atoms with Gasteiger partial charge in [0.25, 0.3) is 0 Å². The van der Waals surface area contributed by atoms with Gasteiger partial charge in [0, 0.05) is 17.1 Å². The number of hydrogen-bond donors (Lipinski definition) is 0. The highest BCUT2D eigenvalue weighted by Gasteiger charge is 2.15. The van der Waals surface area contributed by atoms with E-state index in [9.17, 15) is 5.48 Å². The molecule has 10 aromatic carbocycles. The van der Waals surface area contributed by atoms with Crippen LogP contribution in [-0.4, -0.2) is 0 Å². The summed E-state index contributed by atoms with van der Waals surface area (Å²) in [6.45, 7) is 0. The quantitative estimate of drug-likeness (QED) is 0.142. The first-order valence-corrected chi connectivity index (χ1v) is 19.9. The van der Waals surface area contributed by atoms with Crippen molar-refractivity contribution in [2.75, 3.05) is 4.90 Å². The zero-order valence-electron chi connectivity index (χ0n) is 36.3. The first kappa shape index (κ1) is 31.4. The summed E-state index contributed by atoms with van der Waals surface area (Å²) >= 11 is 0. The number of rotatable bonds is 9. The molecule has 0 saturated heterocycles. The summed E-state index contributed by atoms with van der Waals surface area (Å²) in [5.41, 5.74) is 13.2. The Hall–Kier alpha value is -7.74. The topological polar surface area (TPSA) is 3.24 Å². The molecule has 0 spiro atoms. The molecule has 0 heterocycles. The molecule has 1 heteroatoms. The molecule has 0 aromatic heterocycles. The second-order valence-corrected chi connectivity index (χ2v) is 14.7. The van der Waals surface area contributed by atoms with E-state index in [1.54, 1.807) is 0 Å². The number of hydrogen-bond acceptors (Lipinski definition) is 1. The fourth-order valence-corrected chi connectivity index (χ4v) is 7.91. The van der Waals surface area contributed by atoms with Crippen LogP contribution in [0.2, 0.25) is 0 Å². The third kappa shape index (κ3) is 7.46. The smallest absolute Gasteiger partial charge is 0.0645 e. The highest BCUT2D eigenvalue weighted by atomic mass is 15.1. The second kappa shape index (κ2) is 16.0. The minimum absolute atomic E-state index is 0.0996. The maximum atomic E-state index is 9.56. The Labute approximate surface area is 352 Å². The van der Waals surface area contributed by atoms with Crippen LogP contribution < -0.4 is 4.90 Å². The lowest BCUT2D eigenvalue weighted by Gasteiger charge is -2.26. The molecule has 59 heavy (non-hydrogen) atoms. The van der Waals surface area contributed by atoms with Crippen molar-refractivity contribution in [3.8, 4) is 66.8 Å². The lowest BCUT2D eigenvalue weighted by atomic mass is 9.95. The molecular weight excluding hydrogens is 711 g/mol. The van der Waals surface area contributed by atoms with Crippen LogP contribution in [0.4, 0.5) is 17.1 Å². The number of benzene rings is 10. The SMILES string of the molecule is [2H]c1c([2H])c(N(c2ccc(-c3cccc(-c4ccccc4)c3)cc2)c2ccc(-c3cccc(-c4cccc5ccccc45)c3)cc2)c([2H])c([2H])c1-c1cccc(-c2ccccc2)c1. The molecular formula is C58H41N. The minimum Gasteiger partial charge on any atom is -0.311 e. The highest BCUT2D eigenvalue weighted by molar-refractivity contribution is 5.97. The van der Waals surface area contributed by atoms with Gasteiger partial charge in [-0.2, -0.15) is 0 Å². The number of nitrogens with zero attached hydrogens (tertiary/aromatic N) is 1. The standard InChI is InChI=1S/C58H41N/c1-3-13-42(14-4-1)48-19-9-21-50(39-48)44-27-33-54(34-28-44)59(55-35-29-45(30-36-55)51-22-10-20-49(40-51)43-15-5-2-6-16-43)56-37-31-46(32-38-56)52-23-11-24-53(41-52)58-26-12-18-47-17-7-8-25-57(47)58/h1-41H/i27D,28D,33D,34D. The zero-order chi connectivity index (χ0) is 42.9. The Morgan fingerprint density at radius 2 is 0.627 bits per heavy atom. The van der Waals surface area contributed by atoms with Crippen LogP contribution >= 0.6 is 0 Å². The molecule has 0 aliphatic rings. The van der Waals surface area contributed by atoms with Crippen molar-refractivity contribution in [1.29, 1.82) is 0 Å². The van der Waals surface area contributed by atoms with Crippen LogP contribution in [0.25, 0.3) is 77.5 Å². The van der Waals surface area contributed by atoms with E-state index in [1.807, 2.05) is 102 Å². The Morgan fingerprint density at radius 1 is 0.254 bits per heavy atom. The molecule has 0 radical (unpaired) electrons. The van der Waals surface area contributed by atoms with Gasteiger partial charge in [0.1, 0.15) is 0 Å². The van der Waals surface area contributed by atoms with E-state index in [4.69, 9.17) is 0 Å². The van der Waals surface area contributed by atoms with Crippen LogP contribution in [0.3, 0.4) is 0 Å². The summed E-state index contributed by atoms with van der Waals surface area (Å²) in [6, 6.07) is 75.6. The van der Waals surface area contributed by atoms with E-state index in [0.717, 1.165) is 50.1 Å². The summed E-state index contributed by atoms with van der Waals surface area (Å²) in [4.78, 5) is 1.85. The molecule has 0 unspecified atom stereocenters. The molecule has 0 aliphatic heterocycles. The second-order valence-electron chi connectivity index (χ2n) is 14.7. The number of fused-ring (bicyclic) bond motifs is 1. The third-order valence-corrected chi connectivity index (χ3v) is 10.9. The van der Waals surface area contributed by atoms with Crippen molar-refractivity contribution in [2.45, 2.75) is 0 Å². The monoisotopic (exact) mass is 755 g/mol. The highest BCUT2D eigenvalue weighted by Crippen LogP contribution is 2.39. The Kier molecular flexibility index (Phi) is 8.51. The first-order chi connectivity index (χ1) is 30.9. The van der Waals surface area contributed by atoms with Gasteiger partial charge in [-0.1, -0.05) is 194 Å². The fourth-order valence-electron chi connectivity index (χ4n) is 7.91. The minimum atomic E-state index is -0.123. The van der Waals surface area contributed by atoms with Crippen LogP contribution in [0.1, 0.15) is 5.48 Å². The third-order valence-electron chi connectivity index (χ3n) is 10.9. The van der Waals surface area contributed by atoms with E-state index < -0.39 is 0 Å². The average Bonchev–Trinajstić information content (AvgIpc) is 3.35. The van der Waals surface area contributed by atoms with Crippen LogP contribution in [0.5, 0.6) is 0 Å². The Morgan fingerprint density at radius 3 is 1.15 bits per heavy atom. The molecule has 1 nitrogen and oxygen atoms in total. The molecule has 278 valence electrons. The molecule has 0 N–H and O–H groups in total. The zero-order valence-corrected chi connectivity index (χ0v) is 32.3. The summed E-state index contributed by atoms with van der Waals surface area (Å²) in [5.74, 6) is 0. The van der Waals surface area contributed by atoms with E-state index in [1.165, 1.54) is 16.3 Å². The van der Waals surface area contributed by atoms with Crippen molar-refractivity contribution in [2.24, 2.45) is 0 Å². The van der Waals surface area contributed by atoms with Gasteiger partial charge in [-0.15, -0.1) is 0 Å². The molecule has 0 amide bonds. The van der Waals surface area contributed by atoms with Gasteiger partial charge in [-0.3, -0.25) is 0 Å². The molecule has 0 aliphatic carbocycles. The van der Waals surface area contributed by atoms with Crippen molar-refractivity contribution < 1.29 is 5.48 Å². The maximum Gasteiger partial charge on any atom is 0.0645 e. The summed E-state index contributed by atoms with van der Waals surface area (Å²) < 4.78 is 37.9. The van der Waals surface area contributed by atoms with Gasteiger partial charge < -0.3 is 4.90 Å². The van der Waals surface area contributed by atoms with E-state index in [2.05, 4.69) is 127 Å². The van der Waals surface area contributed by atoms with Crippen molar-refractivity contribution in [1.82, 2.24) is 0 Å². The van der Waals surface area contributed by atoms with Gasteiger partial charge in [-0.25, -0.2) is 0 Å². The molecule has 0 fully saturated rings. The summed E-state index contributed by atoms with van der Waals surface area (Å²) in [6.07, 6.45) is 0. The lowest BCUT2D eigenvalue weighted by molar-refractivity contribution is 1.28. The lowest BCUT2D eigenvalue weighted by Crippen LogP contribution is -2.09. The predicted octanol–water partition coefficient (Wildman–Crippen LogP) is 16.3. The predicted molar refractivity (Wildman–Crippen MR) is 251 cm³/mol. The largest absolute Gasteiger partial charge is 0.311 e.